The van der Waals surface area contributed by atoms with Crippen LogP contribution >= 0.6 is 0 Å². The molecule has 0 amide bonds. The molecule has 0 aromatic carbocycles. The Kier molecular flexibility index (Phi) is 10.9. The molecule has 5 rings (SSSR count). The van der Waals surface area contributed by atoms with Crippen LogP contribution in [0.25, 0.3) is 0 Å². The topological polar surface area (TPSA) is 70.4 Å². The van der Waals surface area contributed by atoms with Crippen molar-refractivity contribution in [3.8, 4) is 0 Å². The largest absolute Gasteiger partial charge is 4.00 e. The van der Waals surface area contributed by atoms with E-state index in [4.69, 9.17) is 15.6 Å². The monoisotopic (exact) mass is 469 g/mol. The summed E-state index contributed by atoms with van der Waals surface area (Å²) in [6.07, 6.45) is 14.5. The van der Waals surface area contributed by atoms with E-state index in [2.05, 4.69) is 63.5 Å². The average Bonchev–Trinajstić information content (AvgIpc) is 3.00. The molecule has 7 heteroatoms. The van der Waals surface area contributed by atoms with Gasteiger partial charge in [0.15, 0.2) is 0 Å². The zero-order valence-electron chi connectivity index (χ0n) is 17.1. The fourth-order valence-electron chi connectivity index (χ4n) is 5.22. The number of hydrogen-bond donors (Lipinski definition) is 3. The summed E-state index contributed by atoms with van der Waals surface area (Å²) >= 11 is 0. The summed E-state index contributed by atoms with van der Waals surface area (Å²) in [5.41, 5.74) is 0.472. The van der Waals surface area contributed by atoms with Crippen LogP contribution < -0.4 is 0 Å². The quantitative estimate of drug-likeness (QED) is 0.334. The SMILES string of the molecule is CN1[CH-]N(C23[CH-]C4CC(CC(C4)C2)C3)CC1.C[CH-]C(C)[CH-]C.ON(O)O.[Ru+4]. The van der Waals surface area contributed by atoms with Gasteiger partial charge in [0, 0.05) is 0 Å². The minimum Gasteiger partial charge on any atom is -0.462 e. The van der Waals surface area contributed by atoms with Crippen LogP contribution in [0.4, 0.5) is 0 Å². The molecule has 0 spiro atoms. The van der Waals surface area contributed by atoms with Crippen molar-refractivity contribution in [3.05, 3.63) is 25.9 Å². The summed E-state index contributed by atoms with van der Waals surface area (Å²) in [4.78, 5) is 5.02. The van der Waals surface area contributed by atoms with Gasteiger partial charge in [0.25, 0.3) is 0 Å². The Morgan fingerprint density at radius 1 is 1.04 bits per heavy atom. The second kappa shape index (κ2) is 11.5. The molecule has 4 saturated carbocycles. The third-order valence-corrected chi connectivity index (χ3v) is 6.42. The summed E-state index contributed by atoms with van der Waals surface area (Å²) in [6.45, 7) is 11.2. The fourth-order valence-corrected chi connectivity index (χ4v) is 5.22. The van der Waals surface area contributed by atoms with Crippen molar-refractivity contribution in [2.75, 3.05) is 20.1 Å². The molecule has 4 aliphatic carbocycles. The Morgan fingerprint density at radius 3 is 1.89 bits per heavy atom. The van der Waals surface area contributed by atoms with Gasteiger partial charge >= 0.3 is 19.5 Å². The minimum absolute atomic E-state index is 0. The van der Waals surface area contributed by atoms with Gasteiger partial charge in [0.1, 0.15) is 0 Å². The standard InChI is InChI=1S/C14H22N2.C6H12.H3NO3.Ru/c1-15-2-3-16(10-15)14-7-11-4-12(8-14)6-13(5-11)9-14;1-4-6(3)5-2;2-1(3)4;/h7,10-13H,2-6,8-9H2,1H3;4-6H,1-3H3;2-4H;/q2*-2;;+4. The zero-order valence-corrected chi connectivity index (χ0v) is 18.8. The summed E-state index contributed by atoms with van der Waals surface area (Å²) in [5, 5.41) is 20.0. The van der Waals surface area contributed by atoms with E-state index < -0.39 is 5.39 Å². The number of rotatable bonds is 3. The third kappa shape index (κ3) is 7.29. The van der Waals surface area contributed by atoms with E-state index in [9.17, 15) is 0 Å². The van der Waals surface area contributed by atoms with E-state index in [0.717, 1.165) is 17.8 Å². The summed E-state index contributed by atoms with van der Waals surface area (Å²) in [6, 6.07) is 0. The van der Waals surface area contributed by atoms with Gasteiger partial charge in [-0.25, -0.2) is 6.67 Å². The van der Waals surface area contributed by atoms with Crippen LogP contribution in [0, 0.1) is 49.6 Å². The smallest absolute Gasteiger partial charge is 0.462 e. The summed E-state index contributed by atoms with van der Waals surface area (Å²) in [7, 11) is 2.21. The first-order chi connectivity index (χ1) is 12.3. The van der Waals surface area contributed by atoms with E-state index in [1.807, 2.05) is 0 Å². The van der Waals surface area contributed by atoms with Gasteiger partial charge in [0.2, 0.25) is 0 Å². The molecule has 4 bridgehead atoms. The van der Waals surface area contributed by atoms with E-state index >= 15 is 0 Å². The van der Waals surface area contributed by atoms with Crippen LogP contribution in [0.1, 0.15) is 52.9 Å². The van der Waals surface area contributed by atoms with Gasteiger partial charge in [-0.15, -0.1) is 12.5 Å². The predicted molar refractivity (Wildman–Crippen MR) is 101 cm³/mol. The van der Waals surface area contributed by atoms with E-state index in [1.165, 1.54) is 45.2 Å². The Bertz CT molecular complexity index is 383. The Labute approximate surface area is 178 Å². The van der Waals surface area contributed by atoms with Crippen molar-refractivity contribution >= 4 is 0 Å². The molecule has 0 radical (unpaired) electrons. The Morgan fingerprint density at radius 2 is 1.56 bits per heavy atom. The number of nitrogens with zero attached hydrogens (tertiary/aromatic N) is 3. The zero-order chi connectivity index (χ0) is 19.3. The molecule has 2 unspecified atom stereocenters. The van der Waals surface area contributed by atoms with Crippen LogP contribution in [0.15, 0.2) is 0 Å². The molecule has 158 valence electrons. The van der Waals surface area contributed by atoms with Crippen LogP contribution in [-0.4, -0.2) is 56.5 Å². The summed E-state index contributed by atoms with van der Waals surface area (Å²) in [5.74, 6) is 3.72. The second-order valence-electron chi connectivity index (χ2n) is 8.46. The predicted octanol–water partition coefficient (Wildman–Crippen LogP) is 3.66. The van der Waals surface area contributed by atoms with Gasteiger partial charge in [-0.05, 0) is 38.4 Å². The van der Waals surface area contributed by atoms with Gasteiger partial charge in [-0.3, -0.25) is 15.6 Å². The van der Waals surface area contributed by atoms with Crippen molar-refractivity contribution in [1.82, 2.24) is 15.2 Å². The molecular weight excluding hydrogens is 431 g/mol. The Hall–Kier alpha value is 0.383. The van der Waals surface area contributed by atoms with Crippen LogP contribution in [0.2, 0.25) is 0 Å². The maximum atomic E-state index is 7.00. The number of hydrogen-bond acceptors (Lipinski definition) is 6. The molecule has 27 heavy (non-hydrogen) atoms. The molecule has 5 fully saturated rings. The van der Waals surface area contributed by atoms with Crippen molar-refractivity contribution in [2.45, 2.75) is 58.4 Å². The van der Waals surface area contributed by atoms with E-state index in [0.29, 0.717) is 11.5 Å². The van der Waals surface area contributed by atoms with Gasteiger partial charge in [-0.2, -0.15) is 19.8 Å². The van der Waals surface area contributed by atoms with Crippen molar-refractivity contribution in [2.24, 2.45) is 23.7 Å². The average molecular weight is 469 g/mol. The maximum Gasteiger partial charge on any atom is 4.00 e. The normalized spacial score (nSPS) is 34.8. The minimum atomic E-state index is -1.00. The van der Waals surface area contributed by atoms with Crippen LogP contribution in [0.5, 0.6) is 0 Å². The van der Waals surface area contributed by atoms with Gasteiger partial charge in [-0.1, -0.05) is 25.7 Å². The third-order valence-electron chi connectivity index (χ3n) is 6.42. The second-order valence-corrected chi connectivity index (χ2v) is 8.46. The van der Waals surface area contributed by atoms with Crippen LogP contribution in [-0.2, 0) is 19.5 Å². The van der Waals surface area contributed by atoms with Gasteiger partial charge < -0.3 is 35.0 Å². The van der Waals surface area contributed by atoms with E-state index in [-0.39, 0.29) is 19.5 Å². The molecule has 2 atom stereocenters. The van der Waals surface area contributed by atoms with Crippen LogP contribution in [0.3, 0.4) is 0 Å². The molecule has 6 nitrogen and oxygen atoms in total. The molecule has 1 aliphatic heterocycles. The molecule has 0 aromatic heterocycles. The Balaban J connectivity index is 0.000000283. The number of likely N-dealkylation sites (N-methyl/N-ethyl adjacent to an activating group) is 1. The first-order valence-electron chi connectivity index (χ1n) is 9.91. The van der Waals surface area contributed by atoms with E-state index in [1.54, 1.807) is 0 Å². The molecule has 1 saturated heterocycles. The summed E-state index contributed by atoms with van der Waals surface area (Å²) < 4.78 is 0. The molecule has 0 aromatic rings. The molecular formula is C20H37N3O3Ru. The van der Waals surface area contributed by atoms with Crippen molar-refractivity contribution in [3.63, 3.8) is 0 Å². The molecule has 5 aliphatic rings. The first kappa shape index (κ1) is 25.4. The van der Waals surface area contributed by atoms with Crippen molar-refractivity contribution < 1.29 is 35.1 Å². The maximum absolute atomic E-state index is 7.00. The van der Waals surface area contributed by atoms with Gasteiger partial charge in [0.05, 0.1) is 5.39 Å². The first-order valence-corrected chi connectivity index (χ1v) is 9.91. The molecule has 1 heterocycles. The van der Waals surface area contributed by atoms with Crippen molar-refractivity contribution in [1.29, 1.82) is 0 Å². The molecule has 3 N–H and O–H groups in total. The fraction of sp³-hybridized carbons (Fsp3) is 0.800.